The highest BCUT2D eigenvalue weighted by Gasteiger charge is 2.15. The number of benzene rings is 1. The van der Waals surface area contributed by atoms with Crippen LogP contribution in [0.2, 0.25) is 0 Å². The minimum absolute atomic E-state index is 0.118. The number of rotatable bonds is 8. The maximum absolute atomic E-state index is 8.65. The molecule has 1 aliphatic rings. The van der Waals surface area contributed by atoms with E-state index in [1.165, 1.54) is 5.56 Å². The van der Waals surface area contributed by atoms with Crippen LogP contribution in [0.25, 0.3) is 0 Å². The van der Waals surface area contributed by atoms with Crippen molar-refractivity contribution < 1.29 is 9.84 Å². The molecule has 1 heterocycles. The first kappa shape index (κ1) is 15.4. The van der Waals surface area contributed by atoms with Gasteiger partial charge in [-0.3, -0.25) is 4.90 Å². The largest absolute Gasteiger partial charge is 0.394 e. The van der Waals surface area contributed by atoms with Crippen LogP contribution in [0.3, 0.4) is 0 Å². The maximum atomic E-state index is 8.65. The molecule has 0 aromatic heterocycles. The van der Waals surface area contributed by atoms with Crippen molar-refractivity contribution in [3.8, 4) is 0 Å². The van der Waals surface area contributed by atoms with E-state index in [0.29, 0.717) is 6.61 Å². The number of ether oxygens (including phenoxy) is 1. The quantitative estimate of drug-likeness (QED) is 0.715. The first-order chi connectivity index (χ1) is 9.88. The fraction of sp³-hybridized carbons (Fsp3) is 0.625. The number of aliphatic hydroxyl groups is 1. The van der Waals surface area contributed by atoms with Gasteiger partial charge in [-0.1, -0.05) is 30.3 Å². The molecule has 1 saturated heterocycles. The van der Waals surface area contributed by atoms with Crippen LogP contribution < -0.4 is 0 Å². The normalized spacial score (nSPS) is 17.4. The van der Waals surface area contributed by atoms with Crippen LogP contribution in [0.4, 0.5) is 0 Å². The van der Waals surface area contributed by atoms with Gasteiger partial charge in [0.2, 0.25) is 0 Å². The maximum Gasteiger partial charge on any atom is 0.0698 e. The van der Waals surface area contributed by atoms with Gasteiger partial charge in [-0.25, -0.2) is 0 Å². The van der Waals surface area contributed by atoms with E-state index in [4.69, 9.17) is 9.84 Å². The molecule has 0 radical (unpaired) electrons. The van der Waals surface area contributed by atoms with Crippen molar-refractivity contribution in [3.63, 3.8) is 0 Å². The molecule has 1 aromatic rings. The van der Waals surface area contributed by atoms with Crippen molar-refractivity contribution in [1.29, 1.82) is 0 Å². The Kier molecular flexibility index (Phi) is 7.01. The molecule has 0 unspecified atom stereocenters. The predicted molar refractivity (Wildman–Crippen MR) is 80.9 cm³/mol. The molecule has 0 atom stereocenters. The van der Waals surface area contributed by atoms with E-state index in [0.717, 1.165) is 52.3 Å². The van der Waals surface area contributed by atoms with Crippen LogP contribution >= 0.6 is 0 Å². The Hall–Kier alpha value is -0.940. The third-order valence-corrected chi connectivity index (χ3v) is 3.81. The molecule has 1 aliphatic heterocycles. The highest BCUT2D eigenvalue weighted by molar-refractivity contribution is 5.14. The molecule has 2 rings (SSSR count). The Balaban J connectivity index is 1.57. The summed E-state index contributed by atoms with van der Waals surface area (Å²) in [6.45, 7) is 7.97. The lowest BCUT2D eigenvalue weighted by Crippen LogP contribution is -2.47. The number of hydrogen-bond donors (Lipinski definition) is 1. The first-order valence-electron chi connectivity index (χ1n) is 7.56. The molecule has 0 bridgehead atoms. The molecule has 0 saturated carbocycles. The molecule has 1 fully saturated rings. The lowest BCUT2D eigenvalue weighted by molar-refractivity contribution is 0.0578. The minimum atomic E-state index is 0.118. The Morgan fingerprint density at radius 1 is 0.900 bits per heavy atom. The molecular weight excluding hydrogens is 252 g/mol. The average molecular weight is 278 g/mol. The van der Waals surface area contributed by atoms with Gasteiger partial charge in [-0.05, 0) is 12.0 Å². The van der Waals surface area contributed by atoms with Crippen molar-refractivity contribution in [1.82, 2.24) is 9.80 Å². The van der Waals surface area contributed by atoms with E-state index in [2.05, 4.69) is 40.1 Å². The lowest BCUT2D eigenvalue weighted by atomic mass is 10.1. The third-order valence-electron chi connectivity index (χ3n) is 3.81. The average Bonchev–Trinajstić information content (AvgIpc) is 2.52. The third kappa shape index (κ3) is 5.59. The number of aliphatic hydroxyl groups excluding tert-OH is 1. The highest BCUT2D eigenvalue weighted by Crippen LogP contribution is 2.05. The van der Waals surface area contributed by atoms with E-state index in [9.17, 15) is 0 Å². The van der Waals surface area contributed by atoms with Crippen molar-refractivity contribution in [2.45, 2.75) is 6.42 Å². The van der Waals surface area contributed by atoms with E-state index >= 15 is 0 Å². The van der Waals surface area contributed by atoms with Crippen molar-refractivity contribution >= 4 is 0 Å². The fourth-order valence-corrected chi connectivity index (χ4v) is 2.53. The highest BCUT2D eigenvalue weighted by atomic mass is 16.5. The summed E-state index contributed by atoms with van der Waals surface area (Å²) in [4.78, 5) is 4.98. The molecule has 112 valence electrons. The smallest absolute Gasteiger partial charge is 0.0698 e. The summed E-state index contributed by atoms with van der Waals surface area (Å²) in [6.07, 6.45) is 1.14. The van der Waals surface area contributed by atoms with E-state index in [-0.39, 0.29) is 6.61 Å². The molecule has 1 N–H and O–H groups in total. The van der Waals surface area contributed by atoms with Gasteiger partial charge in [-0.15, -0.1) is 0 Å². The summed E-state index contributed by atoms with van der Waals surface area (Å²) in [5, 5.41) is 8.65. The second kappa shape index (κ2) is 9.08. The molecule has 20 heavy (non-hydrogen) atoms. The fourth-order valence-electron chi connectivity index (χ4n) is 2.53. The molecule has 0 spiro atoms. The Morgan fingerprint density at radius 3 is 2.20 bits per heavy atom. The summed E-state index contributed by atoms with van der Waals surface area (Å²) >= 11 is 0. The Morgan fingerprint density at radius 2 is 1.55 bits per heavy atom. The summed E-state index contributed by atoms with van der Waals surface area (Å²) in [6, 6.07) is 10.7. The van der Waals surface area contributed by atoms with Crippen LogP contribution in [-0.4, -0.2) is 74.0 Å². The van der Waals surface area contributed by atoms with Gasteiger partial charge in [0, 0.05) is 39.3 Å². The van der Waals surface area contributed by atoms with Gasteiger partial charge in [0.05, 0.1) is 19.8 Å². The van der Waals surface area contributed by atoms with Crippen molar-refractivity contribution in [2.75, 3.05) is 59.1 Å². The number of piperazine rings is 1. The molecule has 1 aromatic carbocycles. The predicted octanol–water partition coefficient (Wildman–Crippen LogP) is 0.856. The van der Waals surface area contributed by atoms with Gasteiger partial charge in [-0.2, -0.15) is 0 Å². The van der Waals surface area contributed by atoms with E-state index < -0.39 is 0 Å². The Labute approximate surface area is 122 Å². The Bertz CT molecular complexity index is 351. The van der Waals surface area contributed by atoms with Gasteiger partial charge in [0.1, 0.15) is 0 Å². The van der Waals surface area contributed by atoms with Crippen LogP contribution in [0.1, 0.15) is 5.56 Å². The zero-order valence-electron chi connectivity index (χ0n) is 12.2. The summed E-state index contributed by atoms with van der Waals surface area (Å²) in [5.74, 6) is 0. The second-order valence-corrected chi connectivity index (χ2v) is 5.25. The summed E-state index contributed by atoms with van der Waals surface area (Å²) in [5.41, 5.74) is 1.42. The summed E-state index contributed by atoms with van der Waals surface area (Å²) < 4.78 is 5.31. The standard InChI is InChI=1S/C16H26N2O2/c19-13-15-20-14-12-18-10-8-17(9-11-18)7-6-16-4-2-1-3-5-16/h1-5,19H,6-15H2. The van der Waals surface area contributed by atoms with Crippen molar-refractivity contribution in [2.24, 2.45) is 0 Å². The molecular formula is C16H26N2O2. The van der Waals surface area contributed by atoms with Crippen LogP contribution in [-0.2, 0) is 11.2 Å². The zero-order valence-corrected chi connectivity index (χ0v) is 12.2. The lowest BCUT2D eigenvalue weighted by Gasteiger charge is -2.34. The molecule has 0 amide bonds. The zero-order chi connectivity index (χ0) is 14.0. The summed E-state index contributed by atoms with van der Waals surface area (Å²) in [7, 11) is 0. The van der Waals surface area contributed by atoms with E-state index in [1.54, 1.807) is 0 Å². The van der Waals surface area contributed by atoms with Gasteiger partial charge < -0.3 is 14.7 Å². The topological polar surface area (TPSA) is 35.9 Å². The van der Waals surface area contributed by atoms with Gasteiger partial charge in [0.15, 0.2) is 0 Å². The molecule has 4 heteroatoms. The number of nitrogens with zero attached hydrogens (tertiary/aromatic N) is 2. The van der Waals surface area contributed by atoms with Crippen LogP contribution in [0.5, 0.6) is 0 Å². The molecule has 0 aliphatic carbocycles. The van der Waals surface area contributed by atoms with Crippen LogP contribution in [0, 0.1) is 0 Å². The van der Waals surface area contributed by atoms with Gasteiger partial charge in [0.25, 0.3) is 0 Å². The number of hydrogen-bond acceptors (Lipinski definition) is 4. The minimum Gasteiger partial charge on any atom is -0.394 e. The SMILES string of the molecule is OCCOCCN1CCN(CCc2ccccc2)CC1. The van der Waals surface area contributed by atoms with Crippen molar-refractivity contribution in [3.05, 3.63) is 35.9 Å². The molecule has 4 nitrogen and oxygen atoms in total. The first-order valence-corrected chi connectivity index (χ1v) is 7.56. The van der Waals surface area contributed by atoms with E-state index in [1.807, 2.05) is 0 Å². The van der Waals surface area contributed by atoms with Crippen LogP contribution in [0.15, 0.2) is 30.3 Å². The monoisotopic (exact) mass is 278 g/mol. The second-order valence-electron chi connectivity index (χ2n) is 5.25. The van der Waals surface area contributed by atoms with Gasteiger partial charge >= 0.3 is 0 Å².